The second-order valence-electron chi connectivity index (χ2n) is 4.02. The van der Waals surface area contributed by atoms with Crippen molar-refractivity contribution in [1.82, 2.24) is 15.0 Å². The van der Waals surface area contributed by atoms with Gasteiger partial charge in [0.2, 0.25) is 0 Å². The zero-order chi connectivity index (χ0) is 12.4. The van der Waals surface area contributed by atoms with Gasteiger partial charge in [-0.05, 0) is 31.5 Å². The molecule has 2 aromatic rings. The molecule has 0 aliphatic carbocycles. The van der Waals surface area contributed by atoms with Crippen molar-refractivity contribution in [1.29, 1.82) is 0 Å². The van der Waals surface area contributed by atoms with Gasteiger partial charge < -0.3 is 5.11 Å². The van der Waals surface area contributed by atoms with Crippen molar-refractivity contribution < 1.29 is 5.11 Å². The number of nitrogens with zero attached hydrogens (tertiary/aromatic N) is 3. The third-order valence-corrected chi connectivity index (χ3v) is 3.19. The lowest BCUT2D eigenvalue weighted by molar-refractivity contribution is 0.193. The Labute approximate surface area is 108 Å². The van der Waals surface area contributed by atoms with Gasteiger partial charge in [0.1, 0.15) is 5.69 Å². The van der Waals surface area contributed by atoms with Gasteiger partial charge in [0.25, 0.3) is 0 Å². The van der Waals surface area contributed by atoms with E-state index in [0.717, 1.165) is 15.7 Å². The summed E-state index contributed by atoms with van der Waals surface area (Å²) in [6.45, 7) is 4.28. The monoisotopic (exact) mass is 295 g/mol. The molecule has 0 bridgehead atoms. The van der Waals surface area contributed by atoms with Gasteiger partial charge in [0.05, 0.1) is 18.3 Å². The fraction of sp³-hybridized carbons (Fsp3) is 0.333. The first-order valence-electron chi connectivity index (χ1n) is 5.40. The Kier molecular flexibility index (Phi) is 3.59. The second kappa shape index (κ2) is 4.98. The van der Waals surface area contributed by atoms with E-state index in [1.54, 1.807) is 11.6 Å². The Hall–Kier alpha value is -1.20. The summed E-state index contributed by atoms with van der Waals surface area (Å²) in [5.74, 6) is 0. The Morgan fingerprint density at radius 1 is 1.35 bits per heavy atom. The summed E-state index contributed by atoms with van der Waals surface area (Å²) in [7, 11) is 0. The van der Waals surface area contributed by atoms with Gasteiger partial charge in [-0.2, -0.15) is 0 Å². The first-order chi connectivity index (χ1) is 8.08. The fourth-order valence-corrected chi connectivity index (χ4v) is 1.94. The maximum absolute atomic E-state index is 9.50. The summed E-state index contributed by atoms with van der Waals surface area (Å²) in [5.41, 5.74) is 2.70. The second-order valence-corrected chi connectivity index (χ2v) is 4.94. The van der Waals surface area contributed by atoms with Gasteiger partial charge >= 0.3 is 0 Å². The van der Waals surface area contributed by atoms with Crippen LogP contribution in [-0.2, 0) is 6.54 Å². The van der Waals surface area contributed by atoms with Crippen molar-refractivity contribution in [3.8, 4) is 0 Å². The van der Waals surface area contributed by atoms with E-state index in [1.165, 1.54) is 0 Å². The SMILES string of the molecule is Cc1c([C@@H](C)O)nnn1Cc1ccc(Br)cc1. The minimum atomic E-state index is -0.575. The first-order valence-corrected chi connectivity index (χ1v) is 6.19. The average Bonchev–Trinajstić information content (AvgIpc) is 2.64. The minimum Gasteiger partial charge on any atom is -0.387 e. The number of benzene rings is 1. The van der Waals surface area contributed by atoms with Crippen molar-refractivity contribution in [2.75, 3.05) is 0 Å². The zero-order valence-electron chi connectivity index (χ0n) is 9.76. The first kappa shape index (κ1) is 12.3. The highest BCUT2D eigenvalue weighted by molar-refractivity contribution is 9.10. The normalized spacial score (nSPS) is 12.7. The predicted octanol–water partition coefficient (Wildman–Crippen LogP) is 2.45. The summed E-state index contributed by atoms with van der Waals surface area (Å²) in [5, 5.41) is 17.5. The van der Waals surface area contributed by atoms with Crippen molar-refractivity contribution in [2.24, 2.45) is 0 Å². The third kappa shape index (κ3) is 2.73. The van der Waals surface area contributed by atoms with E-state index in [4.69, 9.17) is 0 Å². The molecule has 0 saturated carbocycles. The molecule has 4 nitrogen and oxygen atoms in total. The summed E-state index contributed by atoms with van der Waals surface area (Å²) in [4.78, 5) is 0. The molecule has 90 valence electrons. The largest absolute Gasteiger partial charge is 0.387 e. The van der Waals surface area contributed by atoms with Crippen LogP contribution in [0.15, 0.2) is 28.7 Å². The molecule has 1 N–H and O–H groups in total. The van der Waals surface area contributed by atoms with Crippen LogP contribution in [0.3, 0.4) is 0 Å². The molecule has 0 aliphatic heterocycles. The molecule has 1 aromatic heterocycles. The average molecular weight is 296 g/mol. The van der Waals surface area contributed by atoms with Crippen molar-refractivity contribution in [3.05, 3.63) is 45.7 Å². The van der Waals surface area contributed by atoms with E-state index >= 15 is 0 Å². The highest BCUT2D eigenvalue weighted by atomic mass is 79.9. The molecule has 1 atom stereocenters. The number of rotatable bonds is 3. The van der Waals surface area contributed by atoms with Crippen LogP contribution in [0.1, 0.15) is 30.0 Å². The van der Waals surface area contributed by atoms with E-state index in [9.17, 15) is 5.11 Å². The van der Waals surface area contributed by atoms with E-state index < -0.39 is 6.10 Å². The van der Waals surface area contributed by atoms with Crippen LogP contribution in [0, 0.1) is 6.92 Å². The number of aliphatic hydroxyl groups excluding tert-OH is 1. The fourth-order valence-electron chi connectivity index (χ4n) is 1.67. The lowest BCUT2D eigenvalue weighted by atomic mass is 10.2. The van der Waals surface area contributed by atoms with Crippen molar-refractivity contribution in [3.63, 3.8) is 0 Å². The van der Waals surface area contributed by atoms with Crippen molar-refractivity contribution >= 4 is 15.9 Å². The number of hydrogen-bond donors (Lipinski definition) is 1. The predicted molar refractivity (Wildman–Crippen MR) is 68.6 cm³/mol. The molecular weight excluding hydrogens is 282 g/mol. The molecule has 0 unspecified atom stereocenters. The third-order valence-electron chi connectivity index (χ3n) is 2.66. The summed E-state index contributed by atoms with van der Waals surface area (Å²) >= 11 is 3.40. The molecule has 1 aromatic carbocycles. The Morgan fingerprint density at radius 3 is 2.53 bits per heavy atom. The van der Waals surface area contributed by atoms with Gasteiger partial charge in [-0.15, -0.1) is 5.10 Å². The molecule has 5 heteroatoms. The summed E-state index contributed by atoms with van der Waals surface area (Å²) < 4.78 is 2.85. The highest BCUT2D eigenvalue weighted by Crippen LogP contribution is 2.15. The molecule has 2 rings (SSSR count). The highest BCUT2D eigenvalue weighted by Gasteiger charge is 2.12. The van der Waals surface area contributed by atoms with E-state index in [2.05, 4.69) is 26.2 Å². The zero-order valence-corrected chi connectivity index (χ0v) is 11.3. The molecule has 0 radical (unpaired) electrons. The van der Waals surface area contributed by atoms with E-state index in [-0.39, 0.29) is 0 Å². The smallest absolute Gasteiger partial charge is 0.114 e. The number of halogens is 1. The Balaban J connectivity index is 2.22. The van der Waals surface area contributed by atoms with Crippen LogP contribution in [-0.4, -0.2) is 20.1 Å². The molecule has 1 heterocycles. The van der Waals surface area contributed by atoms with Gasteiger partial charge in [-0.1, -0.05) is 33.3 Å². The van der Waals surface area contributed by atoms with Crippen LogP contribution in [0.25, 0.3) is 0 Å². The maximum atomic E-state index is 9.50. The van der Waals surface area contributed by atoms with Gasteiger partial charge in [-0.3, -0.25) is 0 Å². The van der Waals surface area contributed by atoms with E-state index in [1.807, 2.05) is 31.2 Å². The van der Waals surface area contributed by atoms with Crippen molar-refractivity contribution in [2.45, 2.75) is 26.5 Å². The standard InChI is InChI=1S/C12H14BrN3O/c1-8-12(9(2)17)14-15-16(8)7-10-3-5-11(13)6-4-10/h3-6,9,17H,7H2,1-2H3/t9-/m1/s1. The Morgan fingerprint density at radius 2 is 2.00 bits per heavy atom. The lowest BCUT2D eigenvalue weighted by Gasteiger charge is -2.05. The van der Waals surface area contributed by atoms with Crippen LogP contribution in [0.5, 0.6) is 0 Å². The molecule has 0 spiro atoms. The number of aromatic nitrogens is 3. The minimum absolute atomic E-state index is 0.575. The number of hydrogen-bond acceptors (Lipinski definition) is 3. The molecule has 0 aliphatic rings. The Bertz CT molecular complexity index is 505. The molecule has 0 saturated heterocycles. The van der Waals surface area contributed by atoms with Crippen LogP contribution in [0.2, 0.25) is 0 Å². The van der Waals surface area contributed by atoms with Crippen LogP contribution >= 0.6 is 15.9 Å². The summed E-state index contributed by atoms with van der Waals surface area (Å²) in [6, 6.07) is 8.06. The molecule has 17 heavy (non-hydrogen) atoms. The van der Waals surface area contributed by atoms with Crippen LogP contribution < -0.4 is 0 Å². The number of aliphatic hydroxyl groups is 1. The quantitative estimate of drug-likeness (QED) is 0.946. The van der Waals surface area contributed by atoms with Gasteiger partial charge in [0, 0.05) is 4.47 Å². The maximum Gasteiger partial charge on any atom is 0.114 e. The lowest BCUT2D eigenvalue weighted by Crippen LogP contribution is -2.04. The topological polar surface area (TPSA) is 50.9 Å². The summed E-state index contributed by atoms with van der Waals surface area (Å²) in [6.07, 6.45) is -0.575. The van der Waals surface area contributed by atoms with Gasteiger partial charge in [-0.25, -0.2) is 4.68 Å². The molecular formula is C12H14BrN3O. The van der Waals surface area contributed by atoms with Crippen LogP contribution in [0.4, 0.5) is 0 Å². The molecule has 0 fully saturated rings. The van der Waals surface area contributed by atoms with E-state index in [0.29, 0.717) is 12.2 Å². The molecule has 0 amide bonds. The van der Waals surface area contributed by atoms with Gasteiger partial charge in [0.15, 0.2) is 0 Å².